The molecule has 4 aromatic carbocycles. The van der Waals surface area contributed by atoms with Crippen LogP contribution in [0.5, 0.6) is 0 Å². The number of fused-ring (bicyclic) bond motifs is 2. The molecule has 6 rings (SSSR count). The molecule has 0 aliphatic carbocycles. The molecule has 0 spiro atoms. The van der Waals surface area contributed by atoms with Gasteiger partial charge in [-0.05, 0) is 119 Å². The lowest BCUT2D eigenvalue weighted by Gasteiger charge is -2.16. The lowest BCUT2D eigenvalue weighted by atomic mass is 10.1. The first-order chi connectivity index (χ1) is 24.2. The second kappa shape index (κ2) is 16.8. The van der Waals surface area contributed by atoms with Gasteiger partial charge in [-0.1, -0.05) is 40.2 Å². The molecule has 0 aliphatic rings. The second-order valence-electron chi connectivity index (χ2n) is 10.6. The number of aliphatic hydroxyl groups is 1. The zero-order chi connectivity index (χ0) is 38.9. The van der Waals surface area contributed by atoms with Crippen LogP contribution in [0.3, 0.4) is 0 Å². The maximum absolute atomic E-state index is 14.2. The Morgan fingerprint density at radius 1 is 0.635 bits per heavy atom. The van der Waals surface area contributed by atoms with Crippen molar-refractivity contribution in [2.75, 3.05) is 0 Å². The van der Waals surface area contributed by atoms with Crippen molar-refractivity contribution in [1.29, 1.82) is 0 Å². The lowest BCUT2D eigenvalue weighted by molar-refractivity contribution is -0.146. The van der Waals surface area contributed by atoms with Crippen LogP contribution in [0.4, 0.5) is 43.9 Å². The van der Waals surface area contributed by atoms with Crippen molar-refractivity contribution >= 4 is 88.5 Å². The van der Waals surface area contributed by atoms with E-state index in [1.54, 1.807) is 19.1 Å². The van der Waals surface area contributed by atoms with Gasteiger partial charge in [0.15, 0.2) is 23.3 Å². The molecule has 1 N–H and O–H groups in total. The van der Waals surface area contributed by atoms with Crippen molar-refractivity contribution < 1.29 is 49.0 Å². The number of nitrogens with zero attached hydrogens (tertiary/aromatic N) is 4. The Kier molecular flexibility index (Phi) is 13.7. The first-order valence-corrected chi connectivity index (χ1v) is 22.8. The topological polar surface area (TPSA) is 55.9 Å². The number of benzene rings is 4. The third-order valence-corrected chi connectivity index (χ3v) is 8.16. The molecule has 0 radical (unpaired) electrons. The Balaban J connectivity index is 0.000000211. The summed E-state index contributed by atoms with van der Waals surface area (Å²) in [7, 11) is 0. The van der Waals surface area contributed by atoms with Crippen LogP contribution in [-0.4, -0.2) is 24.2 Å². The van der Waals surface area contributed by atoms with Crippen molar-refractivity contribution in [3.05, 3.63) is 118 Å². The highest BCUT2D eigenvalue weighted by atomic mass is 80.0. The lowest BCUT2D eigenvalue weighted by Crippen LogP contribution is -2.15. The SMILES string of the molecule is BrP(Br)Br.Cc1c(CBr)cccc1-n1c(C(F)(F)F)nc2ccc(F)c(F)c21.Cc1c(CO)cccc1-n1c(C(F)(F)F)nc2ccc(F)c(F)c21. The molecule has 0 bridgehead atoms. The molecule has 0 saturated carbocycles. The van der Waals surface area contributed by atoms with Gasteiger partial charge in [-0.3, -0.25) is 9.13 Å². The van der Waals surface area contributed by atoms with E-state index < -0.39 is 64.9 Å². The van der Waals surface area contributed by atoms with Crippen molar-refractivity contribution in [3.8, 4) is 11.4 Å². The van der Waals surface area contributed by atoms with Crippen LogP contribution in [0.25, 0.3) is 33.4 Å². The molecule has 2 heterocycles. The van der Waals surface area contributed by atoms with Crippen LogP contribution >= 0.6 is 66.4 Å². The van der Waals surface area contributed by atoms with Crippen molar-refractivity contribution in [3.63, 3.8) is 0 Å². The Morgan fingerprint density at radius 2 is 1.00 bits per heavy atom. The molecule has 2 aromatic heterocycles. The molecule has 278 valence electrons. The first kappa shape index (κ1) is 42.2. The number of hydrogen-bond acceptors (Lipinski definition) is 3. The average molecular weight is 1020 g/mol. The molecule has 20 heteroatoms. The van der Waals surface area contributed by atoms with Crippen LogP contribution in [0.15, 0.2) is 60.7 Å². The molecule has 0 saturated heterocycles. The van der Waals surface area contributed by atoms with Crippen molar-refractivity contribution in [2.45, 2.75) is 38.1 Å². The zero-order valence-electron chi connectivity index (χ0n) is 26.2. The number of rotatable bonds is 4. The van der Waals surface area contributed by atoms with E-state index in [4.69, 9.17) is 0 Å². The Bertz CT molecular complexity index is 2080. The van der Waals surface area contributed by atoms with E-state index in [-0.39, 0.29) is 26.4 Å². The fraction of sp³-hybridized carbons (Fsp3) is 0.188. The predicted molar refractivity (Wildman–Crippen MR) is 194 cm³/mol. The molecule has 0 unspecified atom stereocenters. The van der Waals surface area contributed by atoms with Gasteiger partial charge in [0.05, 0.1) is 29.0 Å². The van der Waals surface area contributed by atoms with E-state index in [1.807, 2.05) is 0 Å². The van der Waals surface area contributed by atoms with Crippen LogP contribution in [0, 0.1) is 37.1 Å². The van der Waals surface area contributed by atoms with Gasteiger partial charge in [-0.25, -0.2) is 27.5 Å². The van der Waals surface area contributed by atoms with E-state index in [2.05, 4.69) is 72.4 Å². The Labute approximate surface area is 322 Å². The van der Waals surface area contributed by atoms with Gasteiger partial charge in [0.25, 0.3) is 0 Å². The molecule has 52 heavy (non-hydrogen) atoms. The van der Waals surface area contributed by atoms with Crippen LogP contribution in [0.1, 0.15) is 33.9 Å². The number of alkyl halides is 7. The molecule has 0 atom stereocenters. The molecular formula is C32H21Br4F10N4OP. The van der Waals surface area contributed by atoms with Crippen molar-refractivity contribution in [2.24, 2.45) is 0 Å². The van der Waals surface area contributed by atoms with Gasteiger partial charge in [0, 0.05) is 5.33 Å². The Morgan fingerprint density at radius 3 is 1.35 bits per heavy atom. The maximum Gasteiger partial charge on any atom is 0.450 e. The third-order valence-electron chi connectivity index (χ3n) is 7.56. The van der Waals surface area contributed by atoms with Gasteiger partial charge < -0.3 is 5.11 Å². The van der Waals surface area contributed by atoms with Gasteiger partial charge in [0.2, 0.25) is 11.6 Å². The van der Waals surface area contributed by atoms with E-state index >= 15 is 0 Å². The van der Waals surface area contributed by atoms with Crippen molar-refractivity contribution in [1.82, 2.24) is 19.1 Å². The average Bonchev–Trinajstić information content (AvgIpc) is 3.66. The largest absolute Gasteiger partial charge is 0.450 e. The smallest absolute Gasteiger partial charge is 0.392 e. The minimum absolute atomic E-state index is 0.0270. The molecule has 6 aromatic rings. The fourth-order valence-corrected chi connectivity index (χ4v) is 5.80. The summed E-state index contributed by atoms with van der Waals surface area (Å²) in [5, 5.41) is 9.71. The quantitative estimate of drug-likeness (QED) is 0.109. The number of aliphatic hydroxyl groups excluding tert-OH is 1. The molecule has 5 nitrogen and oxygen atoms in total. The molecule has 0 aliphatic heterocycles. The van der Waals surface area contributed by atoms with Gasteiger partial charge in [0.1, 0.15) is 15.1 Å². The first-order valence-electron chi connectivity index (χ1n) is 14.2. The highest BCUT2D eigenvalue weighted by Gasteiger charge is 2.40. The minimum atomic E-state index is -4.87. The monoisotopic (exact) mass is 1010 g/mol. The van der Waals surface area contributed by atoms with Gasteiger partial charge in [-0.15, -0.1) is 0 Å². The highest BCUT2D eigenvalue weighted by Crippen LogP contribution is 2.59. The van der Waals surface area contributed by atoms with Crippen LogP contribution in [0.2, 0.25) is 0 Å². The molecule has 0 fully saturated rings. The summed E-state index contributed by atoms with van der Waals surface area (Å²) in [6, 6.07) is 12.5. The highest BCUT2D eigenvalue weighted by molar-refractivity contribution is 9.93. The van der Waals surface area contributed by atoms with E-state index in [0.29, 0.717) is 31.2 Å². The van der Waals surface area contributed by atoms with E-state index in [9.17, 15) is 49.0 Å². The van der Waals surface area contributed by atoms with Gasteiger partial charge >= 0.3 is 12.4 Å². The third kappa shape index (κ3) is 8.86. The minimum Gasteiger partial charge on any atom is -0.392 e. The molecular weight excluding hydrogens is 997 g/mol. The van der Waals surface area contributed by atoms with E-state index in [1.165, 1.54) is 31.2 Å². The summed E-state index contributed by atoms with van der Waals surface area (Å²) in [5.41, 5.74) is 0.319. The summed E-state index contributed by atoms with van der Waals surface area (Å²) in [4.78, 5) is 6.91. The predicted octanol–water partition coefficient (Wildman–Crippen LogP) is 13.0. The summed E-state index contributed by atoms with van der Waals surface area (Å²) in [5.74, 6) is -7.93. The van der Waals surface area contributed by atoms with E-state index in [0.717, 1.165) is 29.8 Å². The Hall–Kier alpha value is -2.57. The zero-order valence-corrected chi connectivity index (χ0v) is 33.4. The summed E-state index contributed by atoms with van der Waals surface area (Å²) < 4.78 is 137. The molecule has 0 amide bonds. The normalized spacial score (nSPS) is 11.9. The van der Waals surface area contributed by atoms with Crippen LogP contribution < -0.4 is 0 Å². The summed E-state index contributed by atoms with van der Waals surface area (Å²) >= 11 is 12.8. The fourth-order valence-electron chi connectivity index (χ4n) is 5.20. The summed E-state index contributed by atoms with van der Waals surface area (Å²) in [6.07, 6.45) is -9.69. The second-order valence-corrected chi connectivity index (χ2v) is 26.5. The standard InChI is InChI=1S/C16H10BrF5N2.C16H11F5N2O.Br3P/c1-8-9(7-17)3-2-4-12(8)24-14-11(6-5-10(18)13(14)19)23-15(24)16(20,21)22;1-8-9(7-24)3-2-4-12(8)23-14-11(6-5-10(17)13(14)18)22-15(23)16(19,20)21;1-4(2)3/h2-6H,7H2,1H3;2-6,24H,7H2,1H3;. The van der Waals surface area contributed by atoms with Gasteiger partial charge in [-0.2, -0.15) is 26.3 Å². The maximum atomic E-state index is 14.2. The van der Waals surface area contributed by atoms with Crippen LogP contribution in [-0.2, 0) is 24.3 Å². The number of imidazole rings is 2. The number of aromatic nitrogens is 4. The summed E-state index contributed by atoms with van der Waals surface area (Å²) in [6.45, 7) is 2.71. The number of halogens is 14. The number of hydrogen-bond donors (Lipinski definition) is 1.